The monoisotopic (exact) mass is 396 g/mol. The van der Waals surface area contributed by atoms with Gasteiger partial charge in [0.1, 0.15) is 11.6 Å². The fraction of sp³-hybridized carbons (Fsp3) is 0.100. The summed E-state index contributed by atoms with van der Waals surface area (Å²) in [6.45, 7) is 0.227. The normalized spacial score (nSPS) is 11.1. The minimum absolute atomic E-state index is 0.177. The van der Waals surface area contributed by atoms with E-state index < -0.39 is 0 Å². The molecule has 0 saturated carbocycles. The van der Waals surface area contributed by atoms with Crippen LogP contribution in [0.3, 0.4) is 0 Å². The minimum Gasteiger partial charge on any atom is -0.281 e. The third kappa shape index (κ3) is 3.91. The van der Waals surface area contributed by atoms with Crippen molar-refractivity contribution in [2.45, 2.75) is 17.5 Å². The number of fused-ring (bicyclic) bond motifs is 1. The van der Waals surface area contributed by atoms with Crippen LogP contribution in [-0.2, 0) is 12.3 Å². The minimum atomic E-state index is -0.343. The lowest BCUT2D eigenvalue weighted by Crippen LogP contribution is -2.25. The largest absolute Gasteiger partial charge is 0.282 e. The second kappa shape index (κ2) is 7.85. The number of rotatable bonds is 5. The molecule has 8 heteroatoms. The Balaban J connectivity index is 1.73. The van der Waals surface area contributed by atoms with Crippen LogP contribution in [0, 0.1) is 11.6 Å². The van der Waals surface area contributed by atoms with Gasteiger partial charge in [0.25, 0.3) is 5.56 Å². The van der Waals surface area contributed by atoms with E-state index in [9.17, 15) is 13.6 Å². The molecule has 0 aliphatic rings. The molecule has 0 aliphatic carbocycles. The first-order valence-electron chi connectivity index (χ1n) is 8.43. The fourth-order valence-corrected chi connectivity index (χ4v) is 3.62. The van der Waals surface area contributed by atoms with Gasteiger partial charge >= 0.3 is 0 Å². The summed E-state index contributed by atoms with van der Waals surface area (Å²) in [7, 11) is 0. The van der Waals surface area contributed by atoms with Crippen LogP contribution in [0.15, 0.2) is 70.9 Å². The summed E-state index contributed by atoms with van der Waals surface area (Å²) in [4.78, 5) is 25.7. The van der Waals surface area contributed by atoms with Crippen molar-refractivity contribution in [3.8, 4) is 0 Å². The van der Waals surface area contributed by atoms with Crippen LogP contribution in [0.4, 0.5) is 8.78 Å². The van der Waals surface area contributed by atoms with Gasteiger partial charge in [0.05, 0.1) is 6.54 Å². The molecule has 0 fully saturated rings. The van der Waals surface area contributed by atoms with Crippen molar-refractivity contribution in [2.24, 2.45) is 0 Å². The molecule has 2 heterocycles. The predicted octanol–water partition coefficient (Wildman–Crippen LogP) is 3.81. The number of hydrogen-bond acceptors (Lipinski definition) is 5. The van der Waals surface area contributed by atoms with E-state index in [1.807, 2.05) is 0 Å². The average molecular weight is 396 g/mol. The Morgan fingerprint density at radius 1 is 0.857 bits per heavy atom. The molecule has 4 aromatic rings. The molecule has 0 bridgehead atoms. The van der Waals surface area contributed by atoms with Crippen molar-refractivity contribution in [2.75, 3.05) is 0 Å². The summed E-state index contributed by atoms with van der Waals surface area (Å²) >= 11 is 1.34. The van der Waals surface area contributed by atoms with Crippen LogP contribution >= 0.6 is 11.8 Å². The Labute approximate surface area is 163 Å². The van der Waals surface area contributed by atoms with E-state index >= 15 is 0 Å². The Hall–Kier alpha value is -3.13. The third-order valence-corrected chi connectivity index (χ3v) is 5.14. The topological polar surface area (TPSA) is 60.7 Å². The lowest BCUT2D eigenvalue weighted by molar-refractivity contribution is 0.622. The van der Waals surface area contributed by atoms with Gasteiger partial charge in [-0.25, -0.2) is 23.7 Å². The maximum absolute atomic E-state index is 13.2. The Morgan fingerprint density at radius 2 is 1.46 bits per heavy atom. The Kier molecular flexibility index (Phi) is 5.12. The second-order valence-corrected chi connectivity index (χ2v) is 7.00. The molecular weight excluding hydrogens is 382 g/mol. The highest BCUT2D eigenvalue weighted by atomic mass is 32.2. The van der Waals surface area contributed by atoms with E-state index in [2.05, 4.69) is 15.0 Å². The van der Waals surface area contributed by atoms with E-state index in [1.165, 1.54) is 53.0 Å². The summed E-state index contributed by atoms with van der Waals surface area (Å²) in [5, 5.41) is 0.464. The van der Waals surface area contributed by atoms with Gasteiger partial charge in [-0.15, -0.1) is 0 Å². The molecule has 0 amide bonds. The van der Waals surface area contributed by atoms with Gasteiger partial charge in [-0.1, -0.05) is 36.0 Å². The molecule has 0 saturated heterocycles. The van der Waals surface area contributed by atoms with Crippen LogP contribution in [0.5, 0.6) is 0 Å². The van der Waals surface area contributed by atoms with E-state index in [4.69, 9.17) is 0 Å². The standard InChI is InChI=1S/C20H14F2N4OS/c21-15-5-1-13(2-6-15)11-26-19(27)17-18(24-10-9-23-17)25-20(26)28-12-14-3-7-16(22)8-4-14/h1-10H,11-12H2. The van der Waals surface area contributed by atoms with Gasteiger partial charge in [-0.05, 0) is 35.4 Å². The van der Waals surface area contributed by atoms with E-state index in [0.717, 1.165) is 11.1 Å². The number of nitrogens with zero attached hydrogens (tertiary/aromatic N) is 4. The van der Waals surface area contributed by atoms with E-state index in [-0.39, 0.29) is 34.9 Å². The number of benzene rings is 2. The van der Waals surface area contributed by atoms with Crippen LogP contribution in [0.2, 0.25) is 0 Å². The van der Waals surface area contributed by atoms with Gasteiger partial charge in [0.15, 0.2) is 16.3 Å². The molecule has 0 N–H and O–H groups in total. The second-order valence-electron chi connectivity index (χ2n) is 6.06. The Morgan fingerprint density at radius 3 is 2.14 bits per heavy atom. The summed E-state index contributed by atoms with van der Waals surface area (Å²) < 4.78 is 27.8. The highest BCUT2D eigenvalue weighted by molar-refractivity contribution is 7.98. The molecule has 4 rings (SSSR count). The van der Waals surface area contributed by atoms with E-state index in [0.29, 0.717) is 10.9 Å². The first-order chi connectivity index (χ1) is 13.6. The number of hydrogen-bond donors (Lipinski definition) is 0. The molecule has 140 valence electrons. The third-order valence-electron chi connectivity index (χ3n) is 4.09. The Bertz CT molecular complexity index is 1180. The van der Waals surface area contributed by atoms with Crippen LogP contribution in [0.1, 0.15) is 11.1 Å². The molecule has 0 atom stereocenters. The SMILES string of the molecule is O=c1c2nccnc2nc(SCc2ccc(F)cc2)n1Cc1ccc(F)cc1. The highest BCUT2D eigenvalue weighted by Gasteiger charge is 2.14. The van der Waals surface area contributed by atoms with Crippen molar-refractivity contribution in [1.82, 2.24) is 19.5 Å². The molecular formula is C20H14F2N4OS. The lowest BCUT2D eigenvalue weighted by atomic mass is 10.2. The first-order valence-corrected chi connectivity index (χ1v) is 9.42. The van der Waals surface area contributed by atoms with Gasteiger partial charge in [0, 0.05) is 18.1 Å². The maximum Gasteiger partial charge on any atom is 0.282 e. The van der Waals surface area contributed by atoms with E-state index in [1.54, 1.807) is 24.3 Å². The van der Waals surface area contributed by atoms with Crippen molar-refractivity contribution in [1.29, 1.82) is 0 Å². The smallest absolute Gasteiger partial charge is 0.281 e. The van der Waals surface area contributed by atoms with Gasteiger partial charge in [0.2, 0.25) is 0 Å². The van der Waals surface area contributed by atoms with Gasteiger partial charge in [-0.2, -0.15) is 0 Å². The van der Waals surface area contributed by atoms with Gasteiger partial charge in [-0.3, -0.25) is 9.36 Å². The van der Waals surface area contributed by atoms with Crippen LogP contribution in [-0.4, -0.2) is 19.5 Å². The predicted molar refractivity (Wildman–Crippen MR) is 103 cm³/mol. The van der Waals surface area contributed by atoms with Crippen molar-refractivity contribution < 1.29 is 8.78 Å². The highest BCUT2D eigenvalue weighted by Crippen LogP contribution is 2.22. The molecule has 28 heavy (non-hydrogen) atoms. The van der Waals surface area contributed by atoms with Crippen LogP contribution in [0.25, 0.3) is 11.2 Å². The zero-order valence-corrected chi connectivity index (χ0v) is 15.4. The zero-order valence-electron chi connectivity index (χ0n) is 14.5. The summed E-state index contributed by atoms with van der Waals surface area (Å²) in [6, 6.07) is 12.1. The molecule has 5 nitrogen and oxygen atoms in total. The molecule has 0 radical (unpaired) electrons. The molecule has 2 aromatic carbocycles. The zero-order chi connectivity index (χ0) is 19.5. The van der Waals surface area contributed by atoms with Gasteiger partial charge < -0.3 is 0 Å². The quantitative estimate of drug-likeness (QED) is 0.379. The number of aromatic nitrogens is 4. The van der Waals surface area contributed by atoms with Crippen molar-refractivity contribution in [3.63, 3.8) is 0 Å². The summed E-state index contributed by atoms with van der Waals surface area (Å²) in [5.74, 6) is -0.146. The van der Waals surface area contributed by atoms with Crippen LogP contribution < -0.4 is 5.56 Å². The molecule has 2 aromatic heterocycles. The number of thioether (sulfide) groups is 1. The first kappa shape index (κ1) is 18.2. The molecule has 0 unspecified atom stereocenters. The molecule has 0 spiro atoms. The average Bonchev–Trinajstić information content (AvgIpc) is 2.71. The number of halogens is 2. The summed E-state index contributed by atoms with van der Waals surface area (Å²) in [6.07, 6.45) is 2.92. The maximum atomic E-state index is 13.2. The fourth-order valence-electron chi connectivity index (χ4n) is 2.68. The van der Waals surface area contributed by atoms with Crippen molar-refractivity contribution in [3.05, 3.63) is 94.0 Å². The summed E-state index contributed by atoms with van der Waals surface area (Å²) in [5.41, 5.74) is 1.79. The van der Waals surface area contributed by atoms with Crippen molar-refractivity contribution >= 4 is 22.9 Å². The lowest BCUT2D eigenvalue weighted by Gasteiger charge is -2.12. The molecule has 0 aliphatic heterocycles.